The molecule has 1 aromatic heterocycles. The third kappa shape index (κ3) is 4.73. The lowest BCUT2D eigenvalue weighted by Crippen LogP contribution is -2.31. The molecule has 0 aliphatic carbocycles. The quantitative estimate of drug-likeness (QED) is 0.887. The van der Waals surface area contributed by atoms with Crippen molar-refractivity contribution in [2.45, 2.75) is 32.4 Å². The summed E-state index contributed by atoms with van der Waals surface area (Å²) in [7, 11) is -3.69. The topological polar surface area (TPSA) is 76.4 Å². The fourth-order valence-electron chi connectivity index (χ4n) is 2.11. The number of aryl methyl sites for hydroxylation is 3. The normalized spacial score (nSPS) is 11.4. The van der Waals surface area contributed by atoms with Gasteiger partial charge in [-0.2, -0.15) is 0 Å². The number of amides is 1. The number of hydrogen-bond donors (Lipinski definition) is 1. The minimum absolute atomic E-state index is 0.103. The number of sulfonamides is 1. The van der Waals surface area contributed by atoms with Crippen LogP contribution >= 0.6 is 0 Å². The van der Waals surface area contributed by atoms with Gasteiger partial charge in [0, 0.05) is 6.42 Å². The molecule has 2 aromatic rings. The number of carbonyl (C=O) groups excluding carboxylic acids is 1. The van der Waals surface area contributed by atoms with Crippen LogP contribution in [0, 0.1) is 13.8 Å². The highest BCUT2D eigenvalue weighted by Gasteiger charge is 2.16. The minimum Gasteiger partial charge on any atom is -0.472 e. The maximum absolute atomic E-state index is 12.1. The molecular weight excluding hydrogens is 302 g/mol. The molecule has 2 rings (SSSR count). The molecule has 0 saturated heterocycles. The maximum atomic E-state index is 12.1. The molecule has 0 unspecified atom stereocenters. The summed E-state index contributed by atoms with van der Waals surface area (Å²) in [6, 6.07) is 7.37. The second-order valence-electron chi connectivity index (χ2n) is 5.35. The molecule has 1 N–H and O–H groups in total. The lowest BCUT2D eigenvalue weighted by Gasteiger charge is -2.09. The number of benzene rings is 1. The Labute approximate surface area is 130 Å². The first kappa shape index (κ1) is 16.3. The molecule has 0 saturated carbocycles. The van der Waals surface area contributed by atoms with Crippen molar-refractivity contribution in [3.63, 3.8) is 0 Å². The van der Waals surface area contributed by atoms with Crippen molar-refractivity contribution in [2.24, 2.45) is 0 Å². The van der Waals surface area contributed by atoms with E-state index >= 15 is 0 Å². The van der Waals surface area contributed by atoms with Crippen LogP contribution in [0.25, 0.3) is 0 Å². The van der Waals surface area contributed by atoms with E-state index < -0.39 is 15.9 Å². The lowest BCUT2D eigenvalue weighted by atomic mass is 10.1. The van der Waals surface area contributed by atoms with E-state index in [1.165, 1.54) is 12.5 Å². The molecule has 5 nitrogen and oxygen atoms in total. The first-order valence-corrected chi connectivity index (χ1v) is 8.61. The van der Waals surface area contributed by atoms with Crippen LogP contribution in [0.4, 0.5) is 0 Å². The molecule has 0 fully saturated rings. The first-order valence-electron chi connectivity index (χ1n) is 6.96. The predicted molar refractivity (Wildman–Crippen MR) is 83.7 cm³/mol. The predicted octanol–water partition coefficient (Wildman–Crippen LogP) is 2.48. The van der Waals surface area contributed by atoms with E-state index in [2.05, 4.69) is 4.72 Å². The van der Waals surface area contributed by atoms with E-state index in [1.54, 1.807) is 6.07 Å². The van der Waals surface area contributed by atoms with Crippen molar-refractivity contribution >= 4 is 15.9 Å². The van der Waals surface area contributed by atoms with Crippen LogP contribution in [0.5, 0.6) is 0 Å². The Morgan fingerprint density at radius 2 is 2.00 bits per heavy atom. The van der Waals surface area contributed by atoms with Gasteiger partial charge in [0.2, 0.25) is 15.9 Å². The van der Waals surface area contributed by atoms with Gasteiger partial charge < -0.3 is 4.42 Å². The van der Waals surface area contributed by atoms with Gasteiger partial charge in [0.05, 0.1) is 18.3 Å². The largest absolute Gasteiger partial charge is 0.472 e. The van der Waals surface area contributed by atoms with E-state index in [0.29, 0.717) is 12.0 Å². The highest BCUT2D eigenvalue weighted by Crippen LogP contribution is 2.13. The molecule has 0 radical (unpaired) electrons. The van der Waals surface area contributed by atoms with Gasteiger partial charge in [-0.1, -0.05) is 23.8 Å². The highest BCUT2D eigenvalue weighted by molar-refractivity contribution is 7.89. The summed E-state index contributed by atoms with van der Waals surface area (Å²) in [6.07, 6.45) is 3.61. The van der Waals surface area contributed by atoms with E-state index in [-0.39, 0.29) is 12.2 Å². The molecule has 0 aliphatic heterocycles. The van der Waals surface area contributed by atoms with E-state index in [1.807, 2.05) is 32.0 Å². The lowest BCUT2D eigenvalue weighted by molar-refractivity contribution is -0.119. The molecule has 0 aliphatic rings. The molecule has 1 aromatic carbocycles. The maximum Gasteiger partial charge on any atom is 0.239 e. The molecule has 6 heteroatoms. The summed E-state index contributed by atoms with van der Waals surface area (Å²) >= 11 is 0. The first-order chi connectivity index (χ1) is 10.4. The third-order valence-electron chi connectivity index (χ3n) is 3.34. The van der Waals surface area contributed by atoms with Crippen LogP contribution in [0.15, 0.2) is 41.2 Å². The van der Waals surface area contributed by atoms with Gasteiger partial charge in [0.1, 0.15) is 0 Å². The molecule has 0 atom stereocenters. The van der Waals surface area contributed by atoms with Gasteiger partial charge >= 0.3 is 0 Å². The number of furan rings is 1. The smallest absolute Gasteiger partial charge is 0.239 e. The standard InChI is InChI=1S/C16H19NO4S/c1-12-3-4-13(2)15(9-12)11-22(19,20)17-16(18)6-5-14-7-8-21-10-14/h3-4,7-10H,5-6,11H2,1-2H3,(H,17,18). The van der Waals surface area contributed by atoms with Crippen molar-refractivity contribution in [2.75, 3.05) is 0 Å². The van der Waals surface area contributed by atoms with Crippen LogP contribution < -0.4 is 4.72 Å². The van der Waals surface area contributed by atoms with Crippen molar-refractivity contribution < 1.29 is 17.6 Å². The van der Waals surface area contributed by atoms with Crippen LogP contribution in [0.1, 0.15) is 28.7 Å². The Balaban J connectivity index is 1.95. The van der Waals surface area contributed by atoms with Gasteiger partial charge in [-0.3, -0.25) is 9.52 Å². The van der Waals surface area contributed by atoms with Crippen LogP contribution in [0.2, 0.25) is 0 Å². The number of rotatable bonds is 6. The van der Waals surface area contributed by atoms with E-state index in [4.69, 9.17) is 4.42 Å². The van der Waals surface area contributed by atoms with Gasteiger partial charge in [-0.25, -0.2) is 8.42 Å². The molecule has 118 valence electrons. The molecule has 1 heterocycles. The summed E-state index contributed by atoms with van der Waals surface area (Å²) < 4.78 is 31.2. The monoisotopic (exact) mass is 321 g/mol. The van der Waals surface area contributed by atoms with Crippen molar-refractivity contribution in [1.29, 1.82) is 0 Å². The average molecular weight is 321 g/mol. The third-order valence-corrected chi connectivity index (χ3v) is 4.57. The Bertz CT molecular complexity index is 748. The number of carbonyl (C=O) groups is 1. The van der Waals surface area contributed by atoms with Crippen molar-refractivity contribution in [3.05, 3.63) is 59.0 Å². The highest BCUT2D eigenvalue weighted by atomic mass is 32.2. The summed E-state index contributed by atoms with van der Waals surface area (Å²) in [5.74, 6) is -0.704. The van der Waals surface area contributed by atoms with Gasteiger partial charge in [0.25, 0.3) is 0 Å². The molecule has 22 heavy (non-hydrogen) atoms. The minimum atomic E-state index is -3.69. The molecule has 1 amide bonds. The molecule has 0 spiro atoms. The molecule has 0 bridgehead atoms. The van der Waals surface area contributed by atoms with Crippen LogP contribution in [-0.2, 0) is 27.0 Å². The second kappa shape index (κ2) is 6.79. The Hall–Kier alpha value is -2.08. The Morgan fingerprint density at radius 3 is 2.68 bits per heavy atom. The number of nitrogens with one attached hydrogen (secondary N) is 1. The zero-order chi connectivity index (χ0) is 16.2. The number of hydrogen-bond acceptors (Lipinski definition) is 4. The fourth-order valence-corrected chi connectivity index (χ4v) is 3.36. The summed E-state index contributed by atoms with van der Waals surface area (Å²) in [6.45, 7) is 3.75. The summed E-state index contributed by atoms with van der Waals surface area (Å²) in [5, 5.41) is 0. The molecular formula is C16H19NO4S. The fraction of sp³-hybridized carbons (Fsp3) is 0.312. The Kier molecular flexibility index (Phi) is 5.03. The Morgan fingerprint density at radius 1 is 1.23 bits per heavy atom. The van der Waals surface area contributed by atoms with E-state index in [9.17, 15) is 13.2 Å². The van der Waals surface area contributed by atoms with Crippen LogP contribution in [-0.4, -0.2) is 14.3 Å². The van der Waals surface area contributed by atoms with Gasteiger partial charge in [0.15, 0.2) is 0 Å². The SMILES string of the molecule is Cc1ccc(C)c(CS(=O)(=O)NC(=O)CCc2ccoc2)c1. The summed E-state index contributed by atoms with van der Waals surface area (Å²) in [4.78, 5) is 11.8. The van der Waals surface area contributed by atoms with Gasteiger partial charge in [-0.05, 0) is 43.0 Å². The average Bonchev–Trinajstić information content (AvgIpc) is 2.93. The van der Waals surface area contributed by atoms with Crippen molar-refractivity contribution in [3.8, 4) is 0 Å². The van der Waals surface area contributed by atoms with Gasteiger partial charge in [-0.15, -0.1) is 0 Å². The summed E-state index contributed by atoms with van der Waals surface area (Å²) in [5.41, 5.74) is 3.45. The second-order valence-corrected chi connectivity index (χ2v) is 7.07. The zero-order valence-corrected chi connectivity index (χ0v) is 13.4. The zero-order valence-electron chi connectivity index (χ0n) is 12.6. The van der Waals surface area contributed by atoms with Crippen LogP contribution in [0.3, 0.4) is 0 Å². The van der Waals surface area contributed by atoms with E-state index in [0.717, 1.165) is 16.7 Å². The van der Waals surface area contributed by atoms with Crippen molar-refractivity contribution in [1.82, 2.24) is 4.72 Å².